The third-order valence-electron chi connectivity index (χ3n) is 4.42. The summed E-state index contributed by atoms with van der Waals surface area (Å²) in [6.07, 6.45) is 4.44. The fourth-order valence-electron chi connectivity index (χ4n) is 3.27. The first-order valence-corrected chi connectivity index (χ1v) is 9.07. The molecular weight excluding hydrogens is 306 g/mol. The van der Waals surface area contributed by atoms with Gasteiger partial charge in [0.15, 0.2) is 0 Å². The van der Waals surface area contributed by atoms with Gasteiger partial charge in [-0.25, -0.2) is 9.97 Å². The van der Waals surface area contributed by atoms with Gasteiger partial charge in [-0.2, -0.15) is 0 Å². The van der Waals surface area contributed by atoms with Gasteiger partial charge in [0.2, 0.25) is 5.95 Å². The molecule has 1 aromatic carbocycles. The van der Waals surface area contributed by atoms with Crippen molar-refractivity contribution >= 4 is 28.3 Å². The van der Waals surface area contributed by atoms with E-state index in [1.807, 2.05) is 24.4 Å². The molecule has 0 amide bonds. The van der Waals surface area contributed by atoms with Crippen molar-refractivity contribution < 1.29 is 0 Å². The lowest BCUT2D eigenvalue weighted by Gasteiger charge is -2.31. The molecule has 0 aliphatic carbocycles. The highest BCUT2D eigenvalue weighted by molar-refractivity contribution is 7.09. The number of piperidine rings is 1. The maximum Gasteiger partial charge on any atom is 0.201 e. The van der Waals surface area contributed by atoms with Crippen LogP contribution in [0.25, 0.3) is 11.0 Å². The molecule has 1 fully saturated rings. The van der Waals surface area contributed by atoms with Crippen LogP contribution in [-0.2, 0) is 0 Å². The molecular formula is C17H21N5S. The molecule has 120 valence electrons. The van der Waals surface area contributed by atoms with Crippen LogP contribution in [0.5, 0.6) is 0 Å². The number of fused-ring (bicyclic) bond motifs is 1. The summed E-state index contributed by atoms with van der Waals surface area (Å²) in [6.45, 7) is 4.25. The first-order chi connectivity index (χ1) is 11.4. The van der Waals surface area contributed by atoms with Crippen molar-refractivity contribution in [3.05, 3.63) is 40.8 Å². The minimum absolute atomic E-state index is 0.606. The topological polar surface area (TPSA) is 56.8 Å². The number of para-hydroxylation sites is 2. The quantitative estimate of drug-likeness (QED) is 0.755. The van der Waals surface area contributed by atoms with E-state index >= 15 is 0 Å². The molecule has 2 aromatic heterocycles. The molecule has 1 atom stereocenters. The molecule has 2 N–H and O–H groups in total. The number of H-pyrrole nitrogens is 1. The molecule has 0 radical (unpaired) electrons. The number of aromatic amines is 1. The summed E-state index contributed by atoms with van der Waals surface area (Å²) in [5, 5.41) is 6.78. The Kier molecular flexibility index (Phi) is 4.26. The second-order valence-electron chi connectivity index (χ2n) is 6.04. The Morgan fingerprint density at radius 1 is 1.35 bits per heavy atom. The largest absolute Gasteiger partial charge is 0.355 e. The molecule has 1 aliphatic heterocycles. The van der Waals surface area contributed by atoms with Crippen LogP contribution in [-0.4, -0.2) is 46.0 Å². The van der Waals surface area contributed by atoms with Gasteiger partial charge in [-0.3, -0.25) is 0 Å². The number of nitrogens with zero attached hydrogens (tertiary/aromatic N) is 3. The van der Waals surface area contributed by atoms with Crippen molar-refractivity contribution in [1.82, 2.24) is 19.9 Å². The maximum atomic E-state index is 4.56. The Hall–Kier alpha value is -1.92. The molecule has 5 nitrogen and oxygen atoms in total. The van der Waals surface area contributed by atoms with Gasteiger partial charge in [0.1, 0.15) is 0 Å². The molecule has 3 aromatic rings. The SMILES string of the molecule is c1ccc2[nH]c(NCCN3CCCC(c4nccs4)C3)nc2c1. The first kappa shape index (κ1) is 14.7. The predicted molar refractivity (Wildman–Crippen MR) is 95.1 cm³/mol. The summed E-state index contributed by atoms with van der Waals surface area (Å²) >= 11 is 1.79. The zero-order valence-electron chi connectivity index (χ0n) is 13.0. The molecule has 1 unspecified atom stereocenters. The van der Waals surface area contributed by atoms with E-state index in [0.717, 1.165) is 36.6 Å². The number of rotatable bonds is 5. The third kappa shape index (κ3) is 3.38. The Labute approximate surface area is 139 Å². The molecule has 23 heavy (non-hydrogen) atoms. The molecule has 1 saturated heterocycles. The van der Waals surface area contributed by atoms with Crippen molar-refractivity contribution in [2.75, 3.05) is 31.5 Å². The van der Waals surface area contributed by atoms with Crippen LogP contribution in [0.1, 0.15) is 23.8 Å². The van der Waals surface area contributed by atoms with Crippen LogP contribution in [0, 0.1) is 0 Å². The van der Waals surface area contributed by atoms with Gasteiger partial charge >= 0.3 is 0 Å². The van der Waals surface area contributed by atoms with Crippen LogP contribution < -0.4 is 5.32 Å². The lowest BCUT2D eigenvalue weighted by molar-refractivity contribution is 0.215. The molecule has 3 heterocycles. The van der Waals surface area contributed by atoms with Crippen LogP contribution in [0.2, 0.25) is 0 Å². The summed E-state index contributed by atoms with van der Waals surface area (Å²) in [7, 11) is 0. The molecule has 0 bridgehead atoms. The van der Waals surface area contributed by atoms with E-state index in [2.05, 4.69) is 36.6 Å². The van der Waals surface area contributed by atoms with Gasteiger partial charge in [0.05, 0.1) is 16.0 Å². The number of thiazole rings is 1. The van der Waals surface area contributed by atoms with Gasteiger partial charge in [-0.1, -0.05) is 12.1 Å². The van der Waals surface area contributed by atoms with Crippen molar-refractivity contribution in [2.24, 2.45) is 0 Å². The van der Waals surface area contributed by atoms with Crippen molar-refractivity contribution in [2.45, 2.75) is 18.8 Å². The molecule has 4 rings (SSSR count). The minimum Gasteiger partial charge on any atom is -0.355 e. The Morgan fingerprint density at radius 2 is 2.30 bits per heavy atom. The van der Waals surface area contributed by atoms with E-state index in [1.54, 1.807) is 11.3 Å². The number of aromatic nitrogens is 3. The summed E-state index contributed by atoms with van der Waals surface area (Å²) in [4.78, 5) is 14.9. The average molecular weight is 327 g/mol. The number of hydrogen-bond donors (Lipinski definition) is 2. The molecule has 0 spiro atoms. The van der Waals surface area contributed by atoms with E-state index < -0.39 is 0 Å². The summed E-state index contributed by atoms with van der Waals surface area (Å²) < 4.78 is 0. The number of likely N-dealkylation sites (tertiary alicyclic amines) is 1. The number of hydrogen-bond acceptors (Lipinski definition) is 5. The van der Waals surface area contributed by atoms with Crippen molar-refractivity contribution in [1.29, 1.82) is 0 Å². The van der Waals surface area contributed by atoms with Crippen molar-refractivity contribution in [3.8, 4) is 0 Å². The summed E-state index contributed by atoms with van der Waals surface area (Å²) in [6, 6.07) is 8.12. The van der Waals surface area contributed by atoms with Gasteiger partial charge in [-0.15, -0.1) is 11.3 Å². The second kappa shape index (κ2) is 6.68. The van der Waals surface area contributed by atoms with Crippen LogP contribution in [0.3, 0.4) is 0 Å². The van der Waals surface area contributed by atoms with Gasteiger partial charge in [0, 0.05) is 37.1 Å². The normalized spacial score (nSPS) is 19.2. The molecule has 6 heteroatoms. The minimum atomic E-state index is 0.606. The fourth-order valence-corrected chi connectivity index (χ4v) is 4.03. The molecule has 1 aliphatic rings. The first-order valence-electron chi connectivity index (χ1n) is 8.19. The highest BCUT2D eigenvalue weighted by Gasteiger charge is 2.22. The second-order valence-corrected chi connectivity index (χ2v) is 6.97. The third-order valence-corrected chi connectivity index (χ3v) is 5.35. The van der Waals surface area contributed by atoms with E-state index in [0.29, 0.717) is 5.92 Å². The van der Waals surface area contributed by atoms with Crippen LogP contribution >= 0.6 is 11.3 Å². The summed E-state index contributed by atoms with van der Waals surface area (Å²) in [5.41, 5.74) is 2.09. The van der Waals surface area contributed by atoms with Crippen LogP contribution in [0.4, 0.5) is 5.95 Å². The monoisotopic (exact) mass is 327 g/mol. The maximum absolute atomic E-state index is 4.56. The standard InChI is InChI=1S/C17H21N5S/c1-2-6-15-14(5-1)20-17(21-15)19-7-10-22-9-3-4-13(12-22)16-18-8-11-23-16/h1-2,5-6,8,11,13H,3-4,7,9-10,12H2,(H2,19,20,21). The fraction of sp³-hybridized carbons (Fsp3) is 0.412. The van der Waals surface area contributed by atoms with Gasteiger partial charge in [0.25, 0.3) is 0 Å². The Morgan fingerprint density at radius 3 is 3.17 bits per heavy atom. The Balaban J connectivity index is 1.30. The smallest absolute Gasteiger partial charge is 0.201 e. The molecule has 0 saturated carbocycles. The van der Waals surface area contributed by atoms with E-state index in [9.17, 15) is 0 Å². The highest BCUT2D eigenvalue weighted by atomic mass is 32.1. The van der Waals surface area contributed by atoms with E-state index in [1.165, 1.54) is 24.4 Å². The highest BCUT2D eigenvalue weighted by Crippen LogP contribution is 2.27. The van der Waals surface area contributed by atoms with Gasteiger partial charge in [-0.05, 0) is 31.5 Å². The van der Waals surface area contributed by atoms with E-state index in [4.69, 9.17) is 0 Å². The number of anilines is 1. The lowest BCUT2D eigenvalue weighted by Crippen LogP contribution is -2.37. The number of benzene rings is 1. The van der Waals surface area contributed by atoms with Crippen LogP contribution in [0.15, 0.2) is 35.8 Å². The number of nitrogens with one attached hydrogen (secondary N) is 2. The zero-order chi connectivity index (χ0) is 15.5. The average Bonchev–Trinajstić information content (AvgIpc) is 3.24. The zero-order valence-corrected chi connectivity index (χ0v) is 13.9. The predicted octanol–water partition coefficient (Wildman–Crippen LogP) is 3.31. The van der Waals surface area contributed by atoms with Gasteiger partial charge < -0.3 is 15.2 Å². The Bertz CT molecular complexity index is 718. The summed E-state index contributed by atoms with van der Waals surface area (Å²) in [5.74, 6) is 1.47. The van der Waals surface area contributed by atoms with E-state index in [-0.39, 0.29) is 0 Å². The lowest BCUT2D eigenvalue weighted by atomic mass is 9.99. The van der Waals surface area contributed by atoms with Crippen molar-refractivity contribution in [3.63, 3.8) is 0 Å². The number of imidazole rings is 1.